The van der Waals surface area contributed by atoms with Gasteiger partial charge in [0.1, 0.15) is 12.2 Å². The maximum absolute atomic E-state index is 5.94. The van der Waals surface area contributed by atoms with Crippen LogP contribution in [0.25, 0.3) is 0 Å². The summed E-state index contributed by atoms with van der Waals surface area (Å²) in [4.78, 5) is 0. The van der Waals surface area contributed by atoms with Gasteiger partial charge in [-0.15, -0.1) is 0 Å². The summed E-state index contributed by atoms with van der Waals surface area (Å²) in [6.45, 7) is 0. The first-order valence-corrected chi connectivity index (χ1v) is 9.79. The van der Waals surface area contributed by atoms with E-state index in [2.05, 4.69) is 12.2 Å². The van der Waals surface area contributed by atoms with Crippen LogP contribution < -0.4 is 13.6 Å². The molecule has 3 aromatic rings. The second-order valence-electron chi connectivity index (χ2n) is 4.68. The molecule has 0 fully saturated rings. The SMILES string of the molecule is S[P+](Oc1ccccc1)(Oc1ccccc1)Oc1ccccc1. The van der Waals surface area contributed by atoms with E-state index in [4.69, 9.17) is 13.6 Å². The Morgan fingerprint density at radius 3 is 1.00 bits per heavy atom. The standard InChI is InChI=1S/C18H16O3PS/c23-22(19-16-10-4-1-5-11-16,20-17-12-6-2-7-13-17)21-18-14-8-3-9-15-18/h1-15,23H/q+1. The summed E-state index contributed by atoms with van der Waals surface area (Å²) < 4.78 is 17.8. The maximum atomic E-state index is 5.94. The molecule has 0 radical (unpaired) electrons. The minimum absolute atomic E-state index is 0.641. The molecule has 0 saturated heterocycles. The van der Waals surface area contributed by atoms with Gasteiger partial charge in [0.15, 0.2) is 17.2 Å². The first-order chi connectivity index (χ1) is 11.2. The van der Waals surface area contributed by atoms with Crippen LogP contribution in [0.1, 0.15) is 0 Å². The molecule has 0 saturated carbocycles. The summed E-state index contributed by atoms with van der Waals surface area (Å²) >= 11 is 4.60. The fourth-order valence-electron chi connectivity index (χ4n) is 1.90. The third-order valence-electron chi connectivity index (χ3n) is 2.89. The maximum Gasteiger partial charge on any atom is 0.611 e. The fraction of sp³-hybridized carbons (Fsp3) is 0. The molecule has 0 aromatic heterocycles. The van der Waals surface area contributed by atoms with Gasteiger partial charge in [0.05, 0.1) is 0 Å². The lowest BCUT2D eigenvalue weighted by Gasteiger charge is -2.17. The zero-order valence-corrected chi connectivity index (χ0v) is 14.1. The summed E-state index contributed by atoms with van der Waals surface area (Å²) in [5, 5.41) is 0. The van der Waals surface area contributed by atoms with Crippen molar-refractivity contribution in [3.63, 3.8) is 0 Å². The predicted octanol–water partition coefficient (Wildman–Crippen LogP) is 5.83. The van der Waals surface area contributed by atoms with Crippen LogP contribution in [0, 0.1) is 0 Å². The third-order valence-corrected chi connectivity index (χ3v) is 4.95. The van der Waals surface area contributed by atoms with Gasteiger partial charge in [0.2, 0.25) is 0 Å². The lowest BCUT2D eigenvalue weighted by Crippen LogP contribution is -2.09. The molecular formula is C18H16O3PS+. The van der Waals surface area contributed by atoms with E-state index in [0.717, 1.165) is 0 Å². The Balaban J connectivity index is 1.85. The van der Waals surface area contributed by atoms with Crippen LogP contribution in [0.15, 0.2) is 91.0 Å². The van der Waals surface area contributed by atoms with Gasteiger partial charge in [-0.25, -0.2) is 0 Å². The highest BCUT2D eigenvalue weighted by Crippen LogP contribution is 2.64. The van der Waals surface area contributed by atoms with E-state index in [-0.39, 0.29) is 0 Å². The molecule has 0 amide bonds. The quantitative estimate of drug-likeness (QED) is 0.451. The van der Waals surface area contributed by atoms with E-state index in [1.54, 1.807) is 0 Å². The number of benzene rings is 3. The minimum atomic E-state index is -2.94. The van der Waals surface area contributed by atoms with Crippen LogP contribution in [0.4, 0.5) is 0 Å². The van der Waals surface area contributed by atoms with Gasteiger partial charge in [0.25, 0.3) is 0 Å². The molecule has 3 aromatic carbocycles. The summed E-state index contributed by atoms with van der Waals surface area (Å²) in [7, 11) is -2.94. The molecule has 0 aliphatic heterocycles. The molecule has 3 rings (SSSR count). The minimum Gasteiger partial charge on any atom is -0.263 e. The molecule has 0 aliphatic rings. The van der Waals surface area contributed by atoms with Crippen molar-refractivity contribution >= 4 is 19.4 Å². The summed E-state index contributed by atoms with van der Waals surface area (Å²) in [6.07, 6.45) is 0. The van der Waals surface area contributed by atoms with E-state index in [0.29, 0.717) is 17.2 Å². The molecule has 0 aliphatic carbocycles. The smallest absolute Gasteiger partial charge is 0.263 e. The normalized spacial score (nSPS) is 10.8. The molecule has 0 bridgehead atoms. The van der Waals surface area contributed by atoms with Crippen LogP contribution in [-0.2, 0) is 0 Å². The second-order valence-corrected chi connectivity index (χ2v) is 7.64. The topological polar surface area (TPSA) is 27.7 Å². The van der Waals surface area contributed by atoms with Crippen LogP contribution >= 0.6 is 19.4 Å². The molecular weight excluding hydrogens is 327 g/mol. The van der Waals surface area contributed by atoms with Gasteiger partial charge < -0.3 is 0 Å². The van der Waals surface area contributed by atoms with Crippen molar-refractivity contribution in [3.05, 3.63) is 91.0 Å². The van der Waals surface area contributed by atoms with Crippen molar-refractivity contribution in [2.24, 2.45) is 0 Å². The summed E-state index contributed by atoms with van der Waals surface area (Å²) in [5.41, 5.74) is 0. The van der Waals surface area contributed by atoms with E-state index >= 15 is 0 Å². The van der Waals surface area contributed by atoms with Crippen molar-refractivity contribution in [1.82, 2.24) is 0 Å². The first kappa shape index (κ1) is 15.7. The Hall–Kier alpha value is -2.16. The average molecular weight is 343 g/mol. The lowest BCUT2D eigenvalue weighted by molar-refractivity contribution is 0.380. The van der Waals surface area contributed by atoms with Gasteiger partial charge in [-0.05, 0) is 36.4 Å². The molecule has 116 valence electrons. The largest absolute Gasteiger partial charge is 0.611 e. The van der Waals surface area contributed by atoms with Gasteiger partial charge in [-0.1, -0.05) is 54.6 Å². The highest BCUT2D eigenvalue weighted by molar-refractivity contribution is 8.48. The lowest BCUT2D eigenvalue weighted by atomic mass is 10.3. The fourth-order valence-corrected chi connectivity index (χ4v) is 4.02. The van der Waals surface area contributed by atoms with E-state index in [1.807, 2.05) is 91.0 Å². The number of thiol groups is 1. The molecule has 0 atom stereocenters. The Morgan fingerprint density at radius 1 is 0.478 bits per heavy atom. The number of hydrogen-bond acceptors (Lipinski definition) is 4. The molecule has 0 spiro atoms. The zero-order valence-electron chi connectivity index (χ0n) is 12.3. The average Bonchev–Trinajstić information content (AvgIpc) is 2.57. The Labute approximate surface area is 141 Å². The van der Waals surface area contributed by atoms with Crippen molar-refractivity contribution < 1.29 is 13.6 Å². The van der Waals surface area contributed by atoms with Crippen LogP contribution in [-0.4, -0.2) is 0 Å². The van der Waals surface area contributed by atoms with Gasteiger partial charge >= 0.3 is 7.15 Å². The highest BCUT2D eigenvalue weighted by Gasteiger charge is 2.47. The van der Waals surface area contributed by atoms with Gasteiger partial charge in [0, 0.05) is 0 Å². The molecule has 0 N–H and O–H groups in total. The van der Waals surface area contributed by atoms with Crippen molar-refractivity contribution in [3.8, 4) is 17.2 Å². The Morgan fingerprint density at radius 2 is 0.739 bits per heavy atom. The van der Waals surface area contributed by atoms with Gasteiger partial charge in [-0.3, -0.25) is 13.6 Å². The summed E-state index contributed by atoms with van der Waals surface area (Å²) in [6, 6.07) is 28.1. The predicted molar refractivity (Wildman–Crippen MR) is 97.1 cm³/mol. The van der Waals surface area contributed by atoms with E-state index in [1.165, 1.54) is 0 Å². The van der Waals surface area contributed by atoms with E-state index in [9.17, 15) is 0 Å². The molecule has 0 unspecified atom stereocenters. The zero-order chi connectivity index (χ0) is 16.0. The molecule has 3 nitrogen and oxygen atoms in total. The van der Waals surface area contributed by atoms with E-state index < -0.39 is 7.15 Å². The van der Waals surface area contributed by atoms with Crippen molar-refractivity contribution in [2.75, 3.05) is 0 Å². The second kappa shape index (κ2) is 7.40. The first-order valence-electron chi connectivity index (χ1n) is 7.09. The highest BCUT2D eigenvalue weighted by atomic mass is 32.7. The Kier molecular flexibility index (Phi) is 5.06. The number of para-hydroxylation sites is 3. The van der Waals surface area contributed by atoms with Crippen LogP contribution in [0.2, 0.25) is 0 Å². The third kappa shape index (κ3) is 4.65. The van der Waals surface area contributed by atoms with Crippen molar-refractivity contribution in [2.45, 2.75) is 0 Å². The Bertz CT molecular complexity index is 622. The summed E-state index contributed by atoms with van der Waals surface area (Å²) in [5.74, 6) is 1.92. The van der Waals surface area contributed by atoms with Gasteiger partial charge in [-0.2, -0.15) is 0 Å². The molecule has 5 heteroatoms. The van der Waals surface area contributed by atoms with Crippen LogP contribution in [0.3, 0.4) is 0 Å². The van der Waals surface area contributed by atoms with Crippen LogP contribution in [0.5, 0.6) is 17.2 Å². The monoisotopic (exact) mass is 343 g/mol. The number of rotatable bonds is 6. The molecule has 0 heterocycles. The molecule has 23 heavy (non-hydrogen) atoms. The van der Waals surface area contributed by atoms with Crippen molar-refractivity contribution in [1.29, 1.82) is 0 Å². The number of hydrogen-bond donors (Lipinski definition) is 1.